The zero-order chi connectivity index (χ0) is 10.2. The van der Waals surface area contributed by atoms with E-state index >= 15 is 0 Å². The predicted octanol–water partition coefficient (Wildman–Crippen LogP) is -1.25. The van der Waals surface area contributed by atoms with Gasteiger partial charge in [-0.25, -0.2) is 8.42 Å². The van der Waals surface area contributed by atoms with E-state index in [1.807, 2.05) is 0 Å². The van der Waals surface area contributed by atoms with Crippen molar-refractivity contribution < 1.29 is 31.8 Å². The van der Waals surface area contributed by atoms with Gasteiger partial charge in [-0.3, -0.25) is 0 Å². The summed E-state index contributed by atoms with van der Waals surface area (Å²) in [5.41, 5.74) is 0. The third kappa shape index (κ3) is 2.42. The first kappa shape index (κ1) is 12.3. The normalized spacial score (nSPS) is 11.0. The monoisotopic (exact) mass is 214 g/mol. The molecule has 0 atom stereocenters. The predicted molar refractivity (Wildman–Crippen MR) is 51.9 cm³/mol. The molecule has 0 aliphatic rings. The summed E-state index contributed by atoms with van der Waals surface area (Å²) in [4.78, 5) is -0.157. The van der Waals surface area contributed by atoms with Gasteiger partial charge in [-0.05, 0) is 16.8 Å². The van der Waals surface area contributed by atoms with Crippen LogP contribution in [0.1, 0.15) is 0 Å². The fourth-order valence-electron chi connectivity index (χ4n) is 1.41. The molecule has 0 aliphatic heterocycles. The van der Waals surface area contributed by atoms with Gasteiger partial charge in [-0.1, -0.05) is 36.4 Å². The van der Waals surface area contributed by atoms with E-state index in [2.05, 4.69) is 0 Å². The van der Waals surface area contributed by atoms with E-state index in [4.69, 9.17) is 0 Å². The van der Waals surface area contributed by atoms with E-state index in [1.165, 1.54) is 6.07 Å². The smallest absolute Gasteiger partial charge is 0.744 e. The number of rotatable bonds is 1. The minimum Gasteiger partial charge on any atom is -0.744 e. The second kappa shape index (κ2) is 4.38. The molecule has 0 saturated carbocycles. The molecule has 2 rings (SSSR count). The summed E-state index contributed by atoms with van der Waals surface area (Å²) < 4.78 is 32.7. The van der Waals surface area contributed by atoms with Crippen molar-refractivity contribution in [1.29, 1.82) is 0 Å². The molecule has 0 saturated heterocycles. The van der Waals surface area contributed by atoms with Crippen molar-refractivity contribution in [3.63, 3.8) is 0 Å². The quantitative estimate of drug-likeness (QED) is 0.440. The van der Waals surface area contributed by atoms with Crippen molar-refractivity contribution in [2.24, 2.45) is 0 Å². The molecule has 0 fully saturated rings. The maximum absolute atomic E-state index is 10.9. The Labute approximate surface area is 100 Å². The van der Waals surface area contributed by atoms with Gasteiger partial charge in [0.25, 0.3) is 0 Å². The maximum atomic E-state index is 10.9. The molecule has 0 amide bonds. The number of hydrogen-bond donors (Lipinski definition) is 0. The average molecular weight is 214 g/mol. The van der Waals surface area contributed by atoms with E-state index in [-0.39, 0.29) is 23.8 Å². The van der Waals surface area contributed by atoms with Crippen LogP contribution in [0.2, 0.25) is 0 Å². The van der Waals surface area contributed by atoms with Crippen molar-refractivity contribution in [2.45, 2.75) is 4.90 Å². The number of fused-ring (bicyclic) bond motifs is 1. The Kier molecular flexibility index (Phi) is 3.58. The Morgan fingerprint density at radius 1 is 0.933 bits per heavy atom. The summed E-state index contributed by atoms with van der Waals surface area (Å²) in [6, 6.07) is 11.5. The van der Waals surface area contributed by atoms with Crippen LogP contribution in [0.5, 0.6) is 0 Å². The number of benzene rings is 2. The van der Waals surface area contributed by atoms with Crippen LogP contribution in [-0.2, 0) is 10.1 Å². The fraction of sp³-hybridized carbons (Fsp3) is 0. The minimum atomic E-state index is -4.38. The average Bonchev–Trinajstić information content (AvgIpc) is 2.15. The first-order chi connectivity index (χ1) is 6.59. The van der Waals surface area contributed by atoms with Gasteiger partial charge in [-0.15, -0.1) is 0 Å². The van der Waals surface area contributed by atoms with E-state index < -0.39 is 10.1 Å². The molecule has 0 heterocycles. The first-order valence-electron chi connectivity index (χ1n) is 4.03. The largest absolute Gasteiger partial charge is 1.00 e. The molecule has 0 unspecified atom stereocenters. The van der Waals surface area contributed by atoms with E-state index in [9.17, 15) is 13.0 Å². The van der Waals surface area contributed by atoms with Gasteiger partial charge in [0.1, 0.15) is 10.1 Å². The summed E-state index contributed by atoms with van der Waals surface area (Å²) >= 11 is 0. The van der Waals surface area contributed by atoms with Crippen LogP contribution in [0.4, 0.5) is 0 Å². The first-order valence-corrected chi connectivity index (χ1v) is 5.43. The van der Waals surface area contributed by atoms with Crippen LogP contribution in [0, 0.1) is 0 Å². The molecular weight excluding hydrogens is 207 g/mol. The van der Waals surface area contributed by atoms with Crippen LogP contribution in [0.15, 0.2) is 47.4 Å². The van der Waals surface area contributed by atoms with Crippen molar-refractivity contribution in [3.05, 3.63) is 42.5 Å². The van der Waals surface area contributed by atoms with Crippen LogP contribution in [0.3, 0.4) is 0 Å². The molecule has 2 aromatic rings. The Balaban J connectivity index is 0.00000112. The Hall–Kier alpha value is -0.793. The summed E-state index contributed by atoms with van der Waals surface area (Å²) in [5.74, 6) is 0. The fourth-order valence-corrected chi connectivity index (χ4v) is 2.11. The van der Waals surface area contributed by atoms with Crippen molar-refractivity contribution >= 4 is 20.9 Å². The van der Waals surface area contributed by atoms with E-state index in [0.29, 0.717) is 5.39 Å². The summed E-state index contributed by atoms with van der Waals surface area (Å²) in [7, 11) is -4.38. The molecule has 3 nitrogen and oxygen atoms in total. The van der Waals surface area contributed by atoms with Crippen molar-refractivity contribution in [2.75, 3.05) is 0 Å². The van der Waals surface area contributed by atoms with Crippen molar-refractivity contribution in [1.82, 2.24) is 0 Å². The second-order valence-electron chi connectivity index (χ2n) is 2.93. The van der Waals surface area contributed by atoms with Crippen LogP contribution < -0.4 is 18.9 Å². The van der Waals surface area contributed by atoms with Gasteiger partial charge in [0.15, 0.2) is 0 Å². The van der Waals surface area contributed by atoms with Gasteiger partial charge < -0.3 is 4.55 Å². The Morgan fingerprint density at radius 3 is 2.20 bits per heavy atom. The number of hydrogen-bond acceptors (Lipinski definition) is 3. The zero-order valence-corrected chi connectivity index (χ0v) is 8.99. The molecule has 0 aromatic heterocycles. The summed E-state index contributed by atoms with van der Waals surface area (Å²) in [6.45, 7) is 0. The summed E-state index contributed by atoms with van der Waals surface area (Å²) in [6.07, 6.45) is 0. The molecular formula is C10H7LiO3S. The van der Waals surface area contributed by atoms with Crippen LogP contribution in [-0.4, -0.2) is 13.0 Å². The van der Waals surface area contributed by atoms with Crippen molar-refractivity contribution in [3.8, 4) is 0 Å². The molecule has 2 aromatic carbocycles. The maximum Gasteiger partial charge on any atom is 1.00 e. The molecule has 0 N–H and O–H groups in total. The molecule has 15 heavy (non-hydrogen) atoms. The third-order valence-electron chi connectivity index (χ3n) is 2.02. The Morgan fingerprint density at radius 2 is 1.53 bits per heavy atom. The molecule has 0 radical (unpaired) electrons. The van der Waals surface area contributed by atoms with Gasteiger partial charge in [0, 0.05) is 0 Å². The third-order valence-corrected chi connectivity index (χ3v) is 2.91. The Bertz CT molecular complexity index is 573. The van der Waals surface area contributed by atoms with E-state index in [0.717, 1.165) is 5.39 Å². The van der Waals surface area contributed by atoms with Crippen LogP contribution >= 0.6 is 0 Å². The summed E-state index contributed by atoms with van der Waals surface area (Å²) in [5, 5.41) is 1.23. The molecule has 72 valence electrons. The second-order valence-corrected chi connectivity index (χ2v) is 4.28. The molecule has 5 heteroatoms. The topological polar surface area (TPSA) is 57.2 Å². The van der Waals surface area contributed by atoms with Gasteiger partial charge in [-0.2, -0.15) is 0 Å². The van der Waals surface area contributed by atoms with Crippen LogP contribution in [0.25, 0.3) is 10.8 Å². The van der Waals surface area contributed by atoms with Gasteiger partial charge >= 0.3 is 18.9 Å². The molecule has 0 bridgehead atoms. The molecule has 0 spiro atoms. The van der Waals surface area contributed by atoms with E-state index in [1.54, 1.807) is 36.4 Å². The van der Waals surface area contributed by atoms with Gasteiger partial charge in [0.2, 0.25) is 0 Å². The minimum absolute atomic E-state index is 0. The zero-order valence-electron chi connectivity index (χ0n) is 8.17. The molecule has 0 aliphatic carbocycles. The SMILES string of the molecule is O=S(=O)([O-])c1cccc2ccccc12.[Li+]. The standard InChI is InChI=1S/C10H8O3S.Li/c11-14(12,13)10-7-3-5-8-4-1-2-6-9(8)10;/h1-7H,(H,11,12,13);/q;+1/p-1. The van der Waals surface area contributed by atoms with Gasteiger partial charge in [0.05, 0.1) is 4.90 Å².